The van der Waals surface area contributed by atoms with Crippen molar-refractivity contribution in [1.29, 1.82) is 0 Å². The second-order valence-electron chi connectivity index (χ2n) is 5.28. The summed E-state index contributed by atoms with van der Waals surface area (Å²) in [5, 5.41) is 18.6. The predicted octanol–water partition coefficient (Wildman–Crippen LogP) is 3.54. The summed E-state index contributed by atoms with van der Waals surface area (Å²) in [4.78, 5) is 22.4. The van der Waals surface area contributed by atoms with E-state index in [0.29, 0.717) is 46.5 Å². The minimum Gasteiger partial charge on any atom is -0.352 e. The molecular weight excluding hydrogens is 355 g/mol. The first-order chi connectivity index (χ1) is 11.3. The van der Waals surface area contributed by atoms with Crippen LogP contribution >= 0.6 is 23.2 Å². The van der Waals surface area contributed by atoms with Crippen LogP contribution in [0.3, 0.4) is 0 Å². The van der Waals surface area contributed by atoms with Crippen molar-refractivity contribution >= 4 is 34.8 Å². The van der Waals surface area contributed by atoms with E-state index in [9.17, 15) is 14.9 Å². The molecule has 0 aliphatic heterocycles. The third kappa shape index (κ3) is 4.04. The van der Waals surface area contributed by atoms with Crippen molar-refractivity contribution in [2.45, 2.75) is 26.8 Å². The Morgan fingerprint density at radius 1 is 1.38 bits per heavy atom. The summed E-state index contributed by atoms with van der Waals surface area (Å²) in [6.07, 6.45) is 0.620. The van der Waals surface area contributed by atoms with Crippen molar-refractivity contribution < 1.29 is 9.72 Å². The summed E-state index contributed by atoms with van der Waals surface area (Å²) in [5.41, 5.74) is 1.48. The lowest BCUT2D eigenvalue weighted by Crippen LogP contribution is -2.25. The van der Waals surface area contributed by atoms with Crippen LogP contribution in [0.15, 0.2) is 18.2 Å². The second kappa shape index (κ2) is 7.63. The highest BCUT2D eigenvalue weighted by atomic mass is 35.5. The van der Waals surface area contributed by atoms with Crippen LogP contribution in [0.5, 0.6) is 0 Å². The molecule has 1 heterocycles. The Labute approximate surface area is 148 Å². The average molecular weight is 371 g/mol. The maximum absolute atomic E-state index is 12.1. The predicted molar refractivity (Wildman–Crippen MR) is 91.8 cm³/mol. The van der Waals surface area contributed by atoms with Crippen molar-refractivity contribution in [2.24, 2.45) is 0 Å². The number of nitrogens with one attached hydrogen (secondary N) is 1. The Kier molecular flexibility index (Phi) is 5.80. The van der Waals surface area contributed by atoms with Gasteiger partial charge in [-0.25, -0.2) is 0 Å². The van der Waals surface area contributed by atoms with Crippen LogP contribution in [0.1, 0.15) is 28.0 Å². The minimum absolute atomic E-state index is 0.00729. The first-order valence-corrected chi connectivity index (χ1v) is 7.98. The second-order valence-corrected chi connectivity index (χ2v) is 6.02. The van der Waals surface area contributed by atoms with Gasteiger partial charge in [0, 0.05) is 30.3 Å². The van der Waals surface area contributed by atoms with Gasteiger partial charge in [0.25, 0.3) is 11.6 Å². The van der Waals surface area contributed by atoms with E-state index >= 15 is 0 Å². The number of aryl methyl sites for hydroxylation is 3. The fourth-order valence-corrected chi connectivity index (χ4v) is 2.61. The van der Waals surface area contributed by atoms with E-state index in [0.717, 1.165) is 0 Å². The molecule has 0 bridgehead atoms. The topological polar surface area (TPSA) is 90.1 Å². The number of hydrogen-bond donors (Lipinski definition) is 1. The number of halogens is 2. The van der Waals surface area contributed by atoms with E-state index in [1.807, 2.05) is 0 Å². The number of amides is 1. The van der Waals surface area contributed by atoms with Crippen molar-refractivity contribution in [2.75, 3.05) is 6.54 Å². The van der Waals surface area contributed by atoms with Gasteiger partial charge in [0.15, 0.2) is 0 Å². The van der Waals surface area contributed by atoms with Crippen LogP contribution < -0.4 is 5.32 Å². The monoisotopic (exact) mass is 370 g/mol. The fourth-order valence-electron chi connectivity index (χ4n) is 2.21. The summed E-state index contributed by atoms with van der Waals surface area (Å²) in [6.45, 7) is 4.30. The molecule has 0 unspecified atom stereocenters. The van der Waals surface area contributed by atoms with Gasteiger partial charge in [0.05, 0.1) is 10.6 Å². The molecule has 0 fully saturated rings. The van der Waals surface area contributed by atoms with Crippen LogP contribution in [0.2, 0.25) is 10.2 Å². The van der Waals surface area contributed by atoms with Crippen LogP contribution in [0, 0.1) is 24.0 Å². The molecule has 0 spiro atoms. The van der Waals surface area contributed by atoms with Crippen LogP contribution in [0.25, 0.3) is 0 Å². The molecule has 9 heteroatoms. The zero-order valence-electron chi connectivity index (χ0n) is 13.2. The SMILES string of the molecule is Cc1cc(C(=O)NCCCn2nc(C)c(Cl)c2Cl)ccc1[N+](=O)[O-]. The summed E-state index contributed by atoms with van der Waals surface area (Å²) in [5.74, 6) is -0.284. The smallest absolute Gasteiger partial charge is 0.272 e. The van der Waals surface area contributed by atoms with Gasteiger partial charge in [-0.3, -0.25) is 19.6 Å². The highest BCUT2D eigenvalue weighted by Crippen LogP contribution is 2.25. The van der Waals surface area contributed by atoms with Gasteiger partial charge in [-0.2, -0.15) is 5.10 Å². The number of nitro benzene ring substituents is 1. The lowest BCUT2D eigenvalue weighted by molar-refractivity contribution is -0.385. The number of nitrogens with zero attached hydrogens (tertiary/aromatic N) is 3. The lowest BCUT2D eigenvalue weighted by atomic mass is 10.1. The molecular formula is C15H16Cl2N4O3. The molecule has 128 valence electrons. The van der Waals surface area contributed by atoms with Crippen molar-refractivity contribution in [1.82, 2.24) is 15.1 Å². The van der Waals surface area contributed by atoms with Crippen LogP contribution in [0.4, 0.5) is 5.69 Å². The standard InChI is InChI=1S/C15H16Cl2N4O3/c1-9-8-11(4-5-12(9)21(23)24)15(22)18-6-3-7-20-14(17)13(16)10(2)19-20/h4-5,8H,3,6-7H2,1-2H3,(H,18,22). The molecule has 0 saturated heterocycles. The number of nitro groups is 1. The molecule has 0 aliphatic carbocycles. The van der Waals surface area contributed by atoms with E-state index in [4.69, 9.17) is 23.2 Å². The molecule has 7 nitrogen and oxygen atoms in total. The number of aromatic nitrogens is 2. The maximum Gasteiger partial charge on any atom is 0.272 e. The van der Waals surface area contributed by atoms with Gasteiger partial charge in [0.1, 0.15) is 10.2 Å². The number of benzene rings is 1. The summed E-state index contributed by atoms with van der Waals surface area (Å²) in [7, 11) is 0. The minimum atomic E-state index is -0.474. The highest BCUT2D eigenvalue weighted by molar-refractivity contribution is 6.41. The molecule has 1 aromatic carbocycles. The van der Waals surface area contributed by atoms with Crippen molar-refractivity contribution in [3.8, 4) is 0 Å². The first kappa shape index (κ1) is 18.2. The van der Waals surface area contributed by atoms with Gasteiger partial charge < -0.3 is 5.32 Å². The highest BCUT2D eigenvalue weighted by Gasteiger charge is 2.14. The molecule has 1 N–H and O–H groups in total. The third-order valence-corrected chi connectivity index (χ3v) is 4.42. The van der Waals surface area contributed by atoms with Gasteiger partial charge in [-0.05, 0) is 32.4 Å². The number of carbonyl (C=O) groups excluding carboxylic acids is 1. The molecule has 24 heavy (non-hydrogen) atoms. The number of carbonyl (C=O) groups is 1. The molecule has 0 atom stereocenters. The Morgan fingerprint density at radius 2 is 2.08 bits per heavy atom. The lowest BCUT2D eigenvalue weighted by Gasteiger charge is -2.07. The average Bonchev–Trinajstić information content (AvgIpc) is 2.78. The van der Waals surface area contributed by atoms with E-state index in [2.05, 4.69) is 10.4 Å². The summed E-state index contributed by atoms with van der Waals surface area (Å²) >= 11 is 12.0. The van der Waals surface area contributed by atoms with Crippen molar-refractivity contribution in [3.63, 3.8) is 0 Å². The van der Waals surface area contributed by atoms with Gasteiger partial charge in [0.2, 0.25) is 0 Å². The van der Waals surface area contributed by atoms with Gasteiger partial charge >= 0.3 is 0 Å². The van der Waals surface area contributed by atoms with E-state index in [1.165, 1.54) is 18.2 Å². The van der Waals surface area contributed by atoms with Gasteiger partial charge in [-0.15, -0.1) is 0 Å². The normalized spacial score (nSPS) is 10.7. The zero-order valence-corrected chi connectivity index (χ0v) is 14.7. The van der Waals surface area contributed by atoms with Crippen LogP contribution in [-0.2, 0) is 6.54 Å². The third-order valence-electron chi connectivity index (χ3n) is 3.48. The summed E-state index contributed by atoms with van der Waals surface area (Å²) in [6, 6.07) is 4.27. The largest absolute Gasteiger partial charge is 0.352 e. The van der Waals surface area contributed by atoms with E-state index < -0.39 is 4.92 Å². The van der Waals surface area contributed by atoms with E-state index in [1.54, 1.807) is 18.5 Å². The van der Waals surface area contributed by atoms with E-state index in [-0.39, 0.29) is 11.6 Å². The first-order valence-electron chi connectivity index (χ1n) is 7.23. The molecule has 2 aromatic rings. The van der Waals surface area contributed by atoms with Crippen molar-refractivity contribution in [3.05, 3.63) is 55.3 Å². The van der Waals surface area contributed by atoms with Gasteiger partial charge in [-0.1, -0.05) is 23.2 Å². The van der Waals surface area contributed by atoms with Crippen LogP contribution in [-0.4, -0.2) is 27.2 Å². The Morgan fingerprint density at radius 3 is 2.62 bits per heavy atom. The molecule has 0 radical (unpaired) electrons. The Hall–Kier alpha value is -2.12. The zero-order chi connectivity index (χ0) is 17.9. The molecule has 1 aromatic heterocycles. The molecule has 1 amide bonds. The quantitative estimate of drug-likeness (QED) is 0.478. The molecule has 0 aliphatic rings. The molecule has 0 saturated carbocycles. The Balaban J connectivity index is 1.88. The summed E-state index contributed by atoms with van der Waals surface area (Å²) < 4.78 is 1.58. The molecule has 2 rings (SSSR count). The number of rotatable bonds is 6. The number of hydrogen-bond acceptors (Lipinski definition) is 4. The maximum atomic E-state index is 12.1. The Bertz CT molecular complexity index is 789. The fraction of sp³-hybridized carbons (Fsp3) is 0.333.